The van der Waals surface area contributed by atoms with E-state index in [1.165, 1.54) is 7.11 Å². The standard InChI is InChI=1S/C13H20O5/c1-3-12(14)18-11-6-8-4-9(11)10(5-8)13(15)17-7-16-2/h8-11H,3-7H2,1-2H3. The van der Waals surface area contributed by atoms with E-state index in [0.717, 1.165) is 19.3 Å². The maximum atomic E-state index is 11.9. The number of hydrogen-bond donors (Lipinski definition) is 0. The van der Waals surface area contributed by atoms with Gasteiger partial charge in [-0.2, -0.15) is 0 Å². The summed E-state index contributed by atoms with van der Waals surface area (Å²) >= 11 is 0. The number of fused-ring (bicyclic) bond motifs is 2. The smallest absolute Gasteiger partial charge is 0.311 e. The lowest BCUT2D eigenvalue weighted by atomic mass is 9.86. The third-order valence-electron chi connectivity index (χ3n) is 3.95. The molecular formula is C13H20O5. The number of carbonyl (C=O) groups is 2. The van der Waals surface area contributed by atoms with Crippen LogP contribution in [-0.4, -0.2) is 31.9 Å². The Hall–Kier alpha value is -1.10. The minimum Gasteiger partial charge on any atom is -0.462 e. The van der Waals surface area contributed by atoms with Crippen LogP contribution in [0.3, 0.4) is 0 Å². The first-order valence-corrected chi connectivity index (χ1v) is 6.50. The Labute approximate surface area is 107 Å². The van der Waals surface area contributed by atoms with Crippen molar-refractivity contribution < 1.29 is 23.8 Å². The first-order valence-electron chi connectivity index (χ1n) is 6.50. The molecule has 4 atom stereocenters. The fraction of sp³-hybridized carbons (Fsp3) is 0.846. The third-order valence-corrected chi connectivity index (χ3v) is 3.95. The van der Waals surface area contributed by atoms with Gasteiger partial charge in [0.05, 0.1) is 5.92 Å². The second-order valence-corrected chi connectivity index (χ2v) is 5.10. The summed E-state index contributed by atoms with van der Waals surface area (Å²) in [6.45, 7) is 1.77. The highest BCUT2D eigenvalue weighted by atomic mass is 16.7. The van der Waals surface area contributed by atoms with E-state index in [1.807, 2.05) is 0 Å². The normalized spacial score (nSPS) is 33.4. The number of methoxy groups -OCH3 is 1. The van der Waals surface area contributed by atoms with Crippen LogP contribution in [0.25, 0.3) is 0 Å². The van der Waals surface area contributed by atoms with Crippen LogP contribution in [0.15, 0.2) is 0 Å². The Kier molecular flexibility index (Phi) is 4.22. The molecule has 2 rings (SSSR count). The first-order chi connectivity index (χ1) is 8.65. The molecule has 2 bridgehead atoms. The molecule has 4 unspecified atom stereocenters. The molecule has 0 radical (unpaired) electrons. The molecule has 18 heavy (non-hydrogen) atoms. The van der Waals surface area contributed by atoms with Crippen molar-refractivity contribution >= 4 is 11.9 Å². The highest BCUT2D eigenvalue weighted by molar-refractivity contribution is 5.74. The summed E-state index contributed by atoms with van der Waals surface area (Å²) in [5.41, 5.74) is 0. The Bertz CT molecular complexity index is 327. The van der Waals surface area contributed by atoms with E-state index in [0.29, 0.717) is 12.3 Å². The molecule has 0 amide bonds. The van der Waals surface area contributed by atoms with E-state index in [1.54, 1.807) is 6.92 Å². The van der Waals surface area contributed by atoms with Crippen LogP contribution < -0.4 is 0 Å². The average molecular weight is 256 g/mol. The number of ether oxygens (including phenoxy) is 3. The van der Waals surface area contributed by atoms with Crippen LogP contribution in [-0.2, 0) is 23.8 Å². The van der Waals surface area contributed by atoms with Crippen molar-refractivity contribution in [1.29, 1.82) is 0 Å². The average Bonchev–Trinajstić information content (AvgIpc) is 2.95. The number of rotatable bonds is 5. The summed E-state index contributed by atoms with van der Waals surface area (Å²) in [7, 11) is 1.49. The molecule has 0 spiro atoms. The van der Waals surface area contributed by atoms with Crippen LogP contribution in [0.1, 0.15) is 32.6 Å². The van der Waals surface area contributed by atoms with Crippen LogP contribution in [0.4, 0.5) is 0 Å². The van der Waals surface area contributed by atoms with Gasteiger partial charge in [-0.1, -0.05) is 6.92 Å². The minimum absolute atomic E-state index is 0.00780. The molecule has 0 heterocycles. The van der Waals surface area contributed by atoms with Crippen molar-refractivity contribution in [2.45, 2.75) is 38.7 Å². The van der Waals surface area contributed by atoms with Gasteiger partial charge in [-0.3, -0.25) is 9.59 Å². The topological polar surface area (TPSA) is 61.8 Å². The number of carbonyl (C=O) groups excluding carboxylic acids is 2. The number of esters is 2. The van der Waals surface area contributed by atoms with Crippen LogP contribution in [0, 0.1) is 17.8 Å². The maximum absolute atomic E-state index is 11.9. The summed E-state index contributed by atoms with van der Waals surface area (Å²) < 4.78 is 15.1. The third kappa shape index (κ3) is 2.66. The molecule has 0 saturated heterocycles. The van der Waals surface area contributed by atoms with Gasteiger partial charge >= 0.3 is 11.9 Å². The highest BCUT2D eigenvalue weighted by Gasteiger charge is 2.51. The molecule has 2 aliphatic carbocycles. The molecule has 2 fully saturated rings. The molecule has 102 valence electrons. The van der Waals surface area contributed by atoms with Crippen molar-refractivity contribution in [1.82, 2.24) is 0 Å². The van der Waals surface area contributed by atoms with E-state index < -0.39 is 0 Å². The minimum atomic E-state index is -0.221. The molecule has 0 aliphatic heterocycles. The fourth-order valence-corrected chi connectivity index (χ4v) is 3.17. The zero-order valence-electron chi connectivity index (χ0n) is 10.9. The summed E-state index contributed by atoms with van der Waals surface area (Å²) in [5, 5.41) is 0. The van der Waals surface area contributed by atoms with Gasteiger partial charge in [0, 0.05) is 19.4 Å². The molecule has 5 nitrogen and oxygen atoms in total. The lowest BCUT2D eigenvalue weighted by Gasteiger charge is -2.27. The van der Waals surface area contributed by atoms with Crippen molar-refractivity contribution in [3.05, 3.63) is 0 Å². The molecule has 2 saturated carbocycles. The molecule has 2 aliphatic rings. The van der Waals surface area contributed by atoms with Crippen molar-refractivity contribution in [2.75, 3.05) is 13.9 Å². The monoisotopic (exact) mass is 256 g/mol. The van der Waals surface area contributed by atoms with Crippen LogP contribution in [0.2, 0.25) is 0 Å². The summed E-state index contributed by atoms with van der Waals surface area (Å²) in [6.07, 6.45) is 3.00. The summed E-state index contributed by atoms with van der Waals surface area (Å²) in [4.78, 5) is 23.2. The molecule has 0 aromatic heterocycles. The molecule has 0 aromatic carbocycles. The Morgan fingerprint density at radius 2 is 2.00 bits per heavy atom. The molecule has 5 heteroatoms. The van der Waals surface area contributed by atoms with E-state index in [2.05, 4.69) is 0 Å². The van der Waals surface area contributed by atoms with Gasteiger partial charge < -0.3 is 14.2 Å². The molecular weight excluding hydrogens is 236 g/mol. The van der Waals surface area contributed by atoms with E-state index in [-0.39, 0.29) is 36.7 Å². The van der Waals surface area contributed by atoms with Crippen molar-refractivity contribution in [3.8, 4) is 0 Å². The van der Waals surface area contributed by atoms with Gasteiger partial charge in [-0.25, -0.2) is 0 Å². The SMILES string of the molecule is CCC(=O)OC1CC2CC(C(=O)OCOC)C1C2. The number of hydrogen-bond acceptors (Lipinski definition) is 5. The Balaban J connectivity index is 1.91. The highest BCUT2D eigenvalue weighted by Crippen LogP contribution is 2.50. The molecule has 0 N–H and O–H groups in total. The van der Waals surface area contributed by atoms with Crippen molar-refractivity contribution in [3.63, 3.8) is 0 Å². The van der Waals surface area contributed by atoms with Crippen LogP contribution in [0.5, 0.6) is 0 Å². The summed E-state index contributed by atoms with van der Waals surface area (Å²) in [5.74, 6) is 0.0892. The lowest BCUT2D eigenvalue weighted by Crippen LogP contribution is -2.34. The van der Waals surface area contributed by atoms with Gasteiger partial charge in [0.25, 0.3) is 0 Å². The predicted octanol–water partition coefficient (Wildman–Crippen LogP) is 1.50. The summed E-state index contributed by atoms with van der Waals surface area (Å²) in [6, 6.07) is 0. The zero-order valence-corrected chi connectivity index (χ0v) is 10.9. The quantitative estimate of drug-likeness (QED) is 0.551. The van der Waals surface area contributed by atoms with E-state index in [4.69, 9.17) is 14.2 Å². The fourth-order valence-electron chi connectivity index (χ4n) is 3.17. The van der Waals surface area contributed by atoms with E-state index >= 15 is 0 Å². The van der Waals surface area contributed by atoms with Crippen LogP contribution >= 0.6 is 0 Å². The van der Waals surface area contributed by atoms with Gasteiger partial charge in [-0.05, 0) is 25.2 Å². The maximum Gasteiger partial charge on any atom is 0.311 e. The predicted molar refractivity (Wildman–Crippen MR) is 62.5 cm³/mol. The van der Waals surface area contributed by atoms with E-state index in [9.17, 15) is 9.59 Å². The first kappa shape index (κ1) is 13.3. The molecule has 0 aromatic rings. The second kappa shape index (κ2) is 5.69. The van der Waals surface area contributed by atoms with Gasteiger partial charge in [0.15, 0.2) is 6.79 Å². The largest absolute Gasteiger partial charge is 0.462 e. The lowest BCUT2D eigenvalue weighted by molar-refractivity contribution is -0.167. The van der Waals surface area contributed by atoms with Gasteiger partial charge in [0.1, 0.15) is 6.10 Å². The van der Waals surface area contributed by atoms with Gasteiger partial charge in [-0.15, -0.1) is 0 Å². The Morgan fingerprint density at radius 1 is 1.22 bits per heavy atom. The zero-order chi connectivity index (χ0) is 13.1. The van der Waals surface area contributed by atoms with Gasteiger partial charge in [0.2, 0.25) is 0 Å². The Morgan fingerprint density at radius 3 is 2.61 bits per heavy atom. The second-order valence-electron chi connectivity index (χ2n) is 5.10. The van der Waals surface area contributed by atoms with Crippen molar-refractivity contribution in [2.24, 2.45) is 17.8 Å².